The average Bonchev–Trinajstić information content (AvgIpc) is 2.36. The monoisotopic (exact) mass is 292 g/mol. The first-order valence-corrected chi connectivity index (χ1v) is 5.92. The third-order valence-corrected chi connectivity index (χ3v) is 2.58. The summed E-state index contributed by atoms with van der Waals surface area (Å²) in [5.74, 6) is 0.149. The van der Waals surface area contributed by atoms with Crippen molar-refractivity contribution in [2.75, 3.05) is 13.7 Å². The zero-order valence-electron chi connectivity index (χ0n) is 10.9. The van der Waals surface area contributed by atoms with Gasteiger partial charge in [-0.1, -0.05) is 6.07 Å². The van der Waals surface area contributed by atoms with Crippen LogP contribution in [0.5, 0.6) is 5.75 Å². The van der Waals surface area contributed by atoms with E-state index in [0.29, 0.717) is 5.56 Å². The van der Waals surface area contributed by atoms with Gasteiger partial charge in [-0.15, -0.1) is 0 Å². The molecule has 0 fully saturated rings. The van der Waals surface area contributed by atoms with Gasteiger partial charge in [0.1, 0.15) is 0 Å². The van der Waals surface area contributed by atoms with Gasteiger partial charge in [0.15, 0.2) is 5.75 Å². The molecule has 1 N–H and O–H groups in total. The van der Waals surface area contributed by atoms with E-state index in [1.807, 2.05) is 0 Å². The topological polar surface area (TPSA) is 64.4 Å². The summed E-state index contributed by atoms with van der Waals surface area (Å²) >= 11 is 0. The number of nitrogens with zero attached hydrogens (tertiary/aromatic N) is 1. The SMILES string of the molecule is COc1ccc(CNCCCC(F)(F)F)cc1[N+](=O)[O-]. The van der Waals surface area contributed by atoms with E-state index in [2.05, 4.69) is 5.32 Å². The van der Waals surface area contributed by atoms with Crippen LogP contribution in [0, 0.1) is 10.1 Å². The van der Waals surface area contributed by atoms with Gasteiger partial charge in [0, 0.05) is 19.0 Å². The van der Waals surface area contributed by atoms with Gasteiger partial charge in [0.2, 0.25) is 0 Å². The molecule has 0 saturated heterocycles. The van der Waals surface area contributed by atoms with E-state index in [9.17, 15) is 23.3 Å². The number of nitro groups is 1. The molecule has 5 nitrogen and oxygen atoms in total. The number of hydrogen-bond acceptors (Lipinski definition) is 4. The molecule has 0 atom stereocenters. The van der Waals surface area contributed by atoms with Gasteiger partial charge in [-0.05, 0) is 24.6 Å². The van der Waals surface area contributed by atoms with Gasteiger partial charge in [-0.2, -0.15) is 13.2 Å². The highest BCUT2D eigenvalue weighted by Crippen LogP contribution is 2.27. The smallest absolute Gasteiger partial charge is 0.389 e. The molecule has 112 valence electrons. The first kappa shape index (κ1) is 16.2. The summed E-state index contributed by atoms with van der Waals surface area (Å²) in [6, 6.07) is 4.43. The Labute approximate surface area is 113 Å². The van der Waals surface area contributed by atoms with Crippen molar-refractivity contribution < 1.29 is 22.8 Å². The third kappa shape index (κ3) is 5.43. The quantitative estimate of drug-likeness (QED) is 0.476. The summed E-state index contributed by atoms with van der Waals surface area (Å²) in [4.78, 5) is 10.2. The zero-order valence-corrected chi connectivity index (χ0v) is 10.9. The predicted molar refractivity (Wildman–Crippen MR) is 66.6 cm³/mol. The molecular formula is C12H15F3N2O3. The van der Waals surface area contributed by atoms with Crippen LogP contribution in [-0.4, -0.2) is 24.8 Å². The van der Waals surface area contributed by atoms with Crippen molar-refractivity contribution in [2.24, 2.45) is 0 Å². The first-order valence-electron chi connectivity index (χ1n) is 5.92. The number of nitrogens with one attached hydrogen (secondary N) is 1. The standard InChI is InChI=1S/C12H15F3N2O3/c1-20-11-4-3-9(7-10(11)17(18)19)8-16-6-2-5-12(13,14)15/h3-4,7,16H,2,5-6,8H2,1H3. The molecule has 0 aliphatic carbocycles. The number of nitro benzene ring substituents is 1. The zero-order chi connectivity index (χ0) is 15.2. The van der Waals surface area contributed by atoms with Crippen molar-refractivity contribution >= 4 is 5.69 Å². The van der Waals surface area contributed by atoms with Gasteiger partial charge in [0.05, 0.1) is 12.0 Å². The molecule has 0 saturated carbocycles. The second-order valence-corrected chi connectivity index (χ2v) is 4.16. The largest absolute Gasteiger partial charge is 0.490 e. The number of rotatable bonds is 7. The minimum Gasteiger partial charge on any atom is -0.490 e. The minimum absolute atomic E-state index is 0.0260. The summed E-state index contributed by atoms with van der Waals surface area (Å²) in [6.07, 6.45) is -5.02. The molecule has 1 rings (SSSR count). The van der Waals surface area contributed by atoms with Crippen molar-refractivity contribution in [1.82, 2.24) is 5.32 Å². The predicted octanol–water partition coefficient (Wildman–Crippen LogP) is 3.04. The van der Waals surface area contributed by atoms with Gasteiger partial charge in [-0.25, -0.2) is 0 Å². The minimum atomic E-state index is -4.15. The third-order valence-electron chi connectivity index (χ3n) is 2.58. The van der Waals surface area contributed by atoms with Crippen LogP contribution in [0.1, 0.15) is 18.4 Å². The Hall–Kier alpha value is -1.83. The number of hydrogen-bond donors (Lipinski definition) is 1. The van der Waals surface area contributed by atoms with Crippen molar-refractivity contribution in [2.45, 2.75) is 25.6 Å². The number of methoxy groups -OCH3 is 1. The molecule has 1 aromatic carbocycles. The average molecular weight is 292 g/mol. The highest BCUT2D eigenvalue weighted by Gasteiger charge is 2.25. The molecule has 20 heavy (non-hydrogen) atoms. The molecule has 0 aliphatic heterocycles. The Balaban J connectivity index is 2.49. The van der Waals surface area contributed by atoms with Crippen LogP contribution in [0.4, 0.5) is 18.9 Å². The fourth-order valence-corrected chi connectivity index (χ4v) is 1.63. The van der Waals surface area contributed by atoms with Gasteiger partial charge >= 0.3 is 11.9 Å². The molecule has 0 heterocycles. The molecule has 8 heteroatoms. The molecular weight excluding hydrogens is 277 g/mol. The Kier molecular flexibility index (Phi) is 5.75. The summed E-state index contributed by atoms with van der Waals surface area (Å²) in [5.41, 5.74) is 0.451. The molecule has 0 bridgehead atoms. The lowest BCUT2D eigenvalue weighted by atomic mass is 10.2. The van der Waals surface area contributed by atoms with Crippen LogP contribution in [-0.2, 0) is 6.54 Å². The van der Waals surface area contributed by atoms with Crippen molar-refractivity contribution in [3.8, 4) is 5.75 Å². The molecule has 0 aliphatic rings. The van der Waals surface area contributed by atoms with E-state index >= 15 is 0 Å². The Morgan fingerprint density at radius 2 is 2.10 bits per heavy atom. The van der Waals surface area contributed by atoms with Crippen LogP contribution in [0.15, 0.2) is 18.2 Å². The van der Waals surface area contributed by atoms with Crippen molar-refractivity contribution in [1.29, 1.82) is 0 Å². The van der Waals surface area contributed by atoms with Crippen LogP contribution < -0.4 is 10.1 Å². The van der Waals surface area contributed by atoms with Gasteiger partial charge < -0.3 is 10.1 Å². The van der Waals surface area contributed by atoms with Crippen LogP contribution in [0.25, 0.3) is 0 Å². The fraction of sp³-hybridized carbons (Fsp3) is 0.500. The number of alkyl halides is 3. The Bertz CT molecular complexity index is 464. The number of halogens is 3. The number of benzene rings is 1. The van der Waals surface area contributed by atoms with Crippen LogP contribution in [0.2, 0.25) is 0 Å². The van der Waals surface area contributed by atoms with Gasteiger partial charge in [0.25, 0.3) is 0 Å². The Morgan fingerprint density at radius 3 is 2.65 bits per heavy atom. The lowest BCUT2D eigenvalue weighted by molar-refractivity contribution is -0.385. The molecule has 0 amide bonds. The second kappa shape index (κ2) is 7.09. The van der Waals surface area contributed by atoms with Crippen molar-refractivity contribution in [3.05, 3.63) is 33.9 Å². The molecule has 0 radical (unpaired) electrons. The highest BCUT2D eigenvalue weighted by atomic mass is 19.4. The maximum absolute atomic E-state index is 11.9. The van der Waals surface area contributed by atoms with E-state index in [4.69, 9.17) is 4.74 Å². The molecule has 0 aromatic heterocycles. The van der Waals surface area contributed by atoms with E-state index in [-0.39, 0.29) is 30.9 Å². The summed E-state index contributed by atoms with van der Waals surface area (Å²) in [7, 11) is 1.33. The maximum Gasteiger partial charge on any atom is 0.389 e. The fourth-order valence-electron chi connectivity index (χ4n) is 1.63. The highest BCUT2D eigenvalue weighted by molar-refractivity contribution is 5.48. The normalized spacial score (nSPS) is 11.4. The summed E-state index contributed by atoms with van der Waals surface area (Å²) in [6.45, 7) is 0.460. The molecule has 0 spiro atoms. The molecule has 1 aromatic rings. The van der Waals surface area contributed by atoms with E-state index in [1.54, 1.807) is 6.07 Å². The first-order chi connectivity index (χ1) is 9.33. The second-order valence-electron chi connectivity index (χ2n) is 4.16. The molecule has 0 unspecified atom stereocenters. The number of ether oxygens (including phenoxy) is 1. The summed E-state index contributed by atoms with van der Waals surface area (Å²) < 4.78 is 40.6. The van der Waals surface area contributed by atoms with Gasteiger partial charge in [-0.3, -0.25) is 10.1 Å². The van der Waals surface area contributed by atoms with E-state index in [0.717, 1.165) is 0 Å². The Morgan fingerprint density at radius 1 is 1.40 bits per heavy atom. The van der Waals surface area contributed by atoms with Crippen molar-refractivity contribution in [3.63, 3.8) is 0 Å². The lowest BCUT2D eigenvalue weighted by Gasteiger charge is -2.08. The lowest BCUT2D eigenvalue weighted by Crippen LogP contribution is -2.17. The maximum atomic E-state index is 11.9. The van der Waals surface area contributed by atoms with E-state index < -0.39 is 17.5 Å². The van der Waals surface area contributed by atoms with Crippen LogP contribution >= 0.6 is 0 Å². The summed E-state index contributed by atoms with van der Waals surface area (Å²) in [5, 5.41) is 13.6. The van der Waals surface area contributed by atoms with Crippen LogP contribution in [0.3, 0.4) is 0 Å². The van der Waals surface area contributed by atoms with E-state index in [1.165, 1.54) is 19.2 Å².